The van der Waals surface area contributed by atoms with Crippen LogP contribution in [0.25, 0.3) is 16.7 Å². The average molecular weight is 244 g/mol. The summed E-state index contributed by atoms with van der Waals surface area (Å²) in [6.07, 6.45) is 0. The molecule has 0 saturated carbocycles. The number of rotatable bonds is 1. The SMILES string of the molecule is Cc1ccccc1-n1nnc2ccc(Cl)cc21. The molecule has 0 amide bonds. The molecule has 0 aliphatic carbocycles. The smallest absolute Gasteiger partial charge is 0.113 e. The van der Waals surface area contributed by atoms with E-state index in [1.807, 2.05) is 54.1 Å². The fraction of sp³-hybridized carbons (Fsp3) is 0.0769. The van der Waals surface area contributed by atoms with E-state index >= 15 is 0 Å². The standard InChI is InChI=1S/C13H10ClN3/c1-9-4-2-3-5-12(9)17-13-8-10(14)6-7-11(13)15-16-17/h2-8H,1H3. The first-order chi connectivity index (χ1) is 8.25. The van der Waals surface area contributed by atoms with Gasteiger partial charge in [-0.1, -0.05) is 35.0 Å². The van der Waals surface area contributed by atoms with E-state index < -0.39 is 0 Å². The van der Waals surface area contributed by atoms with Gasteiger partial charge < -0.3 is 0 Å². The zero-order valence-corrected chi connectivity index (χ0v) is 10.0. The third-order valence-corrected chi connectivity index (χ3v) is 2.99. The topological polar surface area (TPSA) is 30.7 Å². The van der Waals surface area contributed by atoms with Crippen molar-refractivity contribution in [1.29, 1.82) is 0 Å². The number of aryl methyl sites for hydroxylation is 1. The number of aromatic nitrogens is 3. The van der Waals surface area contributed by atoms with Crippen LogP contribution in [0, 0.1) is 6.92 Å². The fourth-order valence-corrected chi connectivity index (χ4v) is 2.04. The zero-order chi connectivity index (χ0) is 11.8. The van der Waals surface area contributed by atoms with Gasteiger partial charge in [-0.15, -0.1) is 5.10 Å². The molecule has 84 valence electrons. The van der Waals surface area contributed by atoms with Crippen LogP contribution in [0.3, 0.4) is 0 Å². The molecule has 0 saturated heterocycles. The van der Waals surface area contributed by atoms with Gasteiger partial charge in [-0.3, -0.25) is 0 Å². The van der Waals surface area contributed by atoms with Crippen LogP contribution >= 0.6 is 11.6 Å². The van der Waals surface area contributed by atoms with E-state index in [2.05, 4.69) is 10.3 Å². The number of fused-ring (bicyclic) bond motifs is 1. The number of hydrogen-bond donors (Lipinski definition) is 0. The van der Waals surface area contributed by atoms with Crippen LogP contribution in [-0.4, -0.2) is 15.0 Å². The molecule has 0 bridgehead atoms. The van der Waals surface area contributed by atoms with Crippen LogP contribution < -0.4 is 0 Å². The highest BCUT2D eigenvalue weighted by molar-refractivity contribution is 6.31. The average Bonchev–Trinajstić information content (AvgIpc) is 2.72. The van der Waals surface area contributed by atoms with Crippen molar-refractivity contribution in [2.45, 2.75) is 6.92 Å². The molecule has 3 nitrogen and oxygen atoms in total. The van der Waals surface area contributed by atoms with Crippen LogP contribution in [-0.2, 0) is 0 Å². The van der Waals surface area contributed by atoms with Crippen molar-refractivity contribution in [3.8, 4) is 5.69 Å². The molecule has 0 atom stereocenters. The Labute approximate surface area is 104 Å². The van der Waals surface area contributed by atoms with Crippen molar-refractivity contribution in [2.75, 3.05) is 0 Å². The third kappa shape index (κ3) is 1.68. The zero-order valence-electron chi connectivity index (χ0n) is 9.26. The first-order valence-electron chi connectivity index (χ1n) is 5.33. The minimum absolute atomic E-state index is 0.689. The highest BCUT2D eigenvalue weighted by Crippen LogP contribution is 2.21. The second-order valence-electron chi connectivity index (χ2n) is 3.92. The van der Waals surface area contributed by atoms with Gasteiger partial charge in [0.25, 0.3) is 0 Å². The van der Waals surface area contributed by atoms with Crippen LogP contribution in [0.15, 0.2) is 42.5 Å². The van der Waals surface area contributed by atoms with E-state index in [-0.39, 0.29) is 0 Å². The third-order valence-electron chi connectivity index (χ3n) is 2.75. The highest BCUT2D eigenvalue weighted by Gasteiger charge is 2.08. The summed E-state index contributed by atoms with van der Waals surface area (Å²) in [6, 6.07) is 13.6. The lowest BCUT2D eigenvalue weighted by Crippen LogP contribution is -1.98. The van der Waals surface area contributed by atoms with Crippen molar-refractivity contribution in [2.24, 2.45) is 0 Å². The van der Waals surface area contributed by atoms with Crippen LogP contribution in [0.4, 0.5) is 0 Å². The van der Waals surface area contributed by atoms with Crippen LogP contribution in [0.2, 0.25) is 5.02 Å². The number of para-hydroxylation sites is 1. The Balaban J connectivity index is 2.31. The largest absolute Gasteiger partial charge is 0.213 e. The first kappa shape index (κ1) is 10.3. The van der Waals surface area contributed by atoms with Crippen molar-refractivity contribution in [3.63, 3.8) is 0 Å². The predicted molar refractivity (Wildman–Crippen MR) is 68.6 cm³/mol. The maximum Gasteiger partial charge on any atom is 0.113 e. The second-order valence-corrected chi connectivity index (χ2v) is 4.36. The Morgan fingerprint density at radius 1 is 1.12 bits per heavy atom. The van der Waals surface area contributed by atoms with Crippen molar-refractivity contribution in [3.05, 3.63) is 53.1 Å². The normalized spacial score (nSPS) is 10.9. The van der Waals surface area contributed by atoms with Gasteiger partial charge in [0.1, 0.15) is 5.52 Å². The Hall–Kier alpha value is -1.87. The summed E-state index contributed by atoms with van der Waals surface area (Å²) in [6.45, 7) is 2.05. The van der Waals surface area contributed by atoms with Gasteiger partial charge in [-0.2, -0.15) is 0 Å². The summed E-state index contributed by atoms with van der Waals surface area (Å²) in [7, 11) is 0. The number of halogens is 1. The Morgan fingerprint density at radius 2 is 1.94 bits per heavy atom. The van der Waals surface area contributed by atoms with Crippen molar-refractivity contribution >= 4 is 22.6 Å². The molecule has 0 spiro atoms. The molecule has 3 rings (SSSR count). The fourth-order valence-electron chi connectivity index (χ4n) is 1.87. The molecule has 3 aromatic rings. The summed E-state index contributed by atoms with van der Waals surface area (Å²) in [5.74, 6) is 0. The maximum atomic E-state index is 6.01. The van der Waals surface area contributed by atoms with E-state index in [1.165, 1.54) is 0 Å². The molecule has 1 aromatic heterocycles. The lowest BCUT2D eigenvalue weighted by atomic mass is 10.2. The van der Waals surface area contributed by atoms with Gasteiger partial charge in [0.05, 0.1) is 11.2 Å². The number of hydrogen-bond acceptors (Lipinski definition) is 2. The molecule has 1 heterocycles. The van der Waals surface area contributed by atoms with E-state index in [0.29, 0.717) is 5.02 Å². The van der Waals surface area contributed by atoms with Gasteiger partial charge in [0.15, 0.2) is 0 Å². The Morgan fingerprint density at radius 3 is 2.76 bits per heavy atom. The van der Waals surface area contributed by atoms with Gasteiger partial charge in [-0.05, 0) is 36.8 Å². The molecule has 17 heavy (non-hydrogen) atoms. The molecule has 0 fully saturated rings. The summed E-state index contributed by atoms with van der Waals surface area (Å²) in [5.41, 5.74) is 3.95. The molecule has 0 radical (unpaired) electrons. The van der Waals surface area contributed by atoms with Gasteiger partial charge in [0.2, 0.25) is 0 Å². The summed E-state index contributed by atoms with van der Waals surface area (Å²) >= 11 is 6.01. The molecular formula is C13H10ClN3. The second kappa shape index (κ2) is 3.86. The summed E-state index contributed by atoms with van der Waals surface area (Å²) in [4.78, 5) is 0. The van der Waals surface area contributed by atoms with E-state index in [1.54, 1.807) is 0 Å². The minimum Gasteiger partial charge on any atom is -0.213 e. The van der Waals surface area contributed by atoms with E-state index in [9.17, 15) is 0 Å². The van der Waals surface area contributed by atoms with Crippen molar-refractivity contribution in [1.82, 2.24) is 15.0 Å². The van der Waals surface area contributed by atoms with Crippen LogP contribution in [0.1, 0.15) is 5.56 Å². The first-order valence-corrected chi connectivity index (χ1v) is 5.70. The number of nitrogens with zero attached hydrogens (tertiary/aromatic N) is 3. The summed E-state index contributed by atoms with van der Waals surface area (Å²) < 4.78 is 1.82. The van der Waals surface area contributed by atoms with Crippen LogP contribution in [0.5, 0.6) is 0 Å². The Bertz CT molecular complexity index is 688. The highest BCUT2D eigenvalue weighted by atomic mass is 35.5. The molecule has 0 unspecified atom stereocenters. The summed E-state index contributed by atoms with van der Waals surface area (Å²) in [5, 5.41) is 9.00. The van der Waals surface area contributed by atoms with Gasteiger partial charge >= 0.3 is 0 Å². The lowest BCUT2D eigenvalue weighted by molar-refractivity contribution is 0.819. The molecular weight excluding hydrogens is 234 g/mol. The lowest BCUT2D eigenvalue weighted by Gasteiger charge is -2.05. The molecule has 4 heteroatoms. The quantitative estimate of drug-likeness (QED) is 0.656. The van der Waals surface area contributed by atoms with Gasteiger partial charge in [-0.25, -0.2) is 4.68 Å². The molecule has 0 N–H and O–H groups in total. The monoisotopic (exact) mass is 243 g/mol. The Kier molecular flexibility index (Phi) is 2.34. The number of benzene rings is 2. The molecule has 2 aromatic carbocycles. The van der Waals surface area contributed by atoms with E-state index in [4.69, 9.17) is 11.6 Å². The molecule has 0 aliphatic rings. The maximum absolute atomic E-state index is 6.01. The molecule has 0 aliphatic heterocycles. The van der Waals surface area contributed by atoms with Crippen molar-refractivity contribution < 1.29 is 0 Å². The predicted octanol–water partition coefficient (Wildman–Crippen LogP) is 3.38. The van der Waals surface area contributed by atoms with Gasteiger partial charge in [0, 0.05) is 5.02 Å². The van der Waals surface area contributed by atoms with E-state index in [0.717, 1.165) is 22.3 Å². The minimum atomic E-state index is 0.689.